The van der Waals surface area contributed by atoms with E-state index in [1.165, 1.54) is 23.1 Å². The topological polar surface area (TPSA) is 136 Å². The van der Waals surface area contributed by atoms with Gasteiger partial charge in [0.2, 0.25) is 11.8 Å². The van der Waals surface area contributed by atoms with Crippen molar-refractivity contribution in [1.82, 2.24) is 30.2 Å². The Balaban J connectivity index is 0.953. The van der Waals surface area contributed by atoms with Crippen LogP contribution in [0.4, 0.5) is 14.9 Å². The highest BCUT2D eigenvalue weighted by Gasteiger charge is 2.42. The molecule has 1 saturated heterocycles. The van der Waals surface area contributed by atoms with Crippen molar-refractivity contribution in [2.75, 3.05) is 18.6 Å². The molecule has 0 radical (unpaired) electrons. The van der Waals surface area contributed by atoms with Gasteiger partial charge in [0.1, 0.15) is 23.9 Å². The molecule has 272 valence electrons. The number of ether oxygens (including phenoxy) is 1. The van der Waals surface area contributed by atoms with Crippen LogP contribution in [0.3, 0.4) is 0 Å². The molecular formula is C41H42FN7O4. The molecule has 3 amide bonds. The molecule has 5 aromatic rings. The third kappa shape index (κ3) is 6.47. The highest BCUT2D eigenvalue weighted by Crippen LogP contribution is 2.44. The molecule has 11 nitrogen and oxygen atoms in total. The average molecular weight is 716 g/mol. The first-order valence-corrected chi connectivity index (χ1v) is 18.2. The lowest BCUT2D eigenvalue weighted by Gasteiger charge is -2.29. The number of benzene rings is 3. The number of methoxy groups -OCH3 is 1. The van der Waals surface area contributed by atoms with Gasteiger partial charge in [-0.25, -0.2) is 19.2 Å². The number of aromatic nitrogens is 4. The van der Waals surface area contributed by atoms with Gasteiger partial charge >= 0.3 is 6.09 Å². The molecule has 0 bridgehead atoms. The predicted molar refractivity (Wildman–Crippen MR) is 198 cm³/mol. The number of amides is 3. The number of aromatic amines is 2. The van der Waals surface area contributed by atoms with E-state index in [1.54, 1.807) is 6.20 Å². The minimum atomic E-state index is -1.21. The molecule has 3 aromatic carbocycles. The van der Waals surface area contributed by atoms with Crippen LogP contribution in [0, 0.1) is 5.92 Å². The summed E-state index contributed by atoms with van der Waals surface area (Å²) >= 11 is 0. The SMILES string of the molecule is COC(=O)NC(C(=O)N1CC(F)CC1c1ncc(-c2ccc(-c3ccc(-c4cnc(C5Cc6cccc7c6N5C(=O)CCC7)[nH]4)cc3)cc2)[nH]1)C(C)C. The number of alkyl halides is 1. The van der Waals surface area contributed by atoms with Crippen LogP contribution in [0.5, 0.6) is 0 Å². The number of rotatable bonds is 8. The summed E-state index contributed by atoms with van der Waals surface area (Å²) in [5, 5.41) is 2.59. The van der Waals surface area contributed by atoms with Crippen LogP contribution < -0.4 is 10.2 Å². The molecule has 1 fully saturated rings. The average Bonchev–Trinajstić information content (AvgIpc) is 3.97. The van der Waals surface area contributed by atoms with E-state index in [0.29, 0.717) is 12.2 Å². The number of alkyl carbamates (subject to hydrolysis) is 1. The van der Waals surface area contributed by atoms with Gasteiger partial charge in [0, 0.05) is 19.3 Å². The van der Waals surface area contributed by atoms with E-state index in [0.717, 1.165) is 64.4 Å². The maximum Gasteiger partial charge on any atom is 0.407 e. The van der Waals surface area contributed by atoms with Crippen molar-refractivity contribution in [3.63, 3.8) is 0 Å². The van der Waals surface area contributed by atoms with Crippen molar-refractivity contribution >= 4 is 23.6 Å². The molecule has 4 atom stereocenters. The number of carbonyl (C=O) groups is 3. The third-order valence-electron chi connectivity index (χ3n) is 10.7. The number of halogens is 1. The number of hydrogen-bond acceptors (Lipinski definition) is 6. The summed E-state index contributed by atoms with van der Waals surface area (Å²) in [7, 11) is 1.24. The lowest BCUT2D eigenvalue weighted by Crippen LogP contribution is -2.51. The second kappa shape index (κ2) is 14.0. The van der Waals surface area contributed by atoms with E-state index in [4.69, 9.17) is 9.72 Å². The summed E-state index contributed by atoms with van der Waals surface area (Å²) in [6.07, 6.45) is 4.83. The first kappa shape index (κ1) is 34.3. The molecule has 0 saturated carbocycles. The number of hydrogen-bond donors (Lipinski definition) is 3. The number of aryl methyl sites for hydroxylation is 1. The van der Waals surface area contributed by atoms with Crippen LogP contribution in [0.25, 0.3) is 33.6 Å². The van der Waals surface area contributed by atoms with E-state index in [1.807, 2.05) is 49.2 Å². The van der Waals surface area contributed by atoms with E-state index in [9.17, 15) is 18.8 Å². The Morgan fingerprint density at radius 2 is 1.43 bits per heavy atom. The highest BCUT2D eigenvalue weighted by molar-refractivity contribution is 5.98. The van der Waals surface area contributed by atoms with Crippen LogP contribution in [-0.2, 0) is 27.2 Å². The molecule has 0 aliphatic carbocycles. The molecule has 8 rings (SSSR count). The summed E-state index contributed by atoms with van der Waals surface area (Å²) in [5.41, 5.74) is 9.17. The van der Waals surface area contributed by atoms with Crippen molar-refractivity contribution in [3.05, 3.63) is 102 Å². The third-order valence-corrected chi connectivity index (χ3v) is 10.7. The number of nitrogens with zero attached hydrogens (tertiary/aromatic N) is 4. The minimum absolute atomic E-state index is 0.0731. The zero-order chi connectivity index (χ0) is 36.8. The number of para-hydroxylation sites is 1. The van der Waals surface area contributed by atoms with E-state index >= 15 is 0 Å². The number of carbonyl (C=O) groups excluding carboxylic acids is 3. The smallest absolute Gasteiger partial charge is 0.407 e. The van der Waals surface area contributed by atoms with Crippen molar-refractivity contribution in [2.24, 2.45) is 5.92 Å². The number of H-pyrrole nitrogens is 2. The van der Waals surface area contributed by atoms with E-state index in [-0.39, 0.29) is 36.7 Å². The zero-order valence-electron chi connectivity index (χ0n) is 29.9. The molecule has 3 aliphatic heterocycles. The molecule has 3 aliphatic rings. The lowest BCUT2D eigenvalue weighted by atomic mass is 10.0. The number of imidazole rings is 2. The number of nitrogens with one attached hydrogen (secondary N) is 3. The van der Waals surface area contributed by atoms with E-state index in [2.05, 4.69) is 62.7 Å². The normalized spacial score (nSPS) is 20.0. The van der Waals surface area contributed by atoms with Gasteiger partial charge in [0.25, 0.3) is 0 Å². The van der Waals surface area contributed by atoms with Crippen molar-refractivity contribution in [2.45, 2.75) is 70.2 Å². The van der Waals surface area contributed by atoms with Gasteiger partial charge in [-0.15, -0.1) is 0 Å². The zero-order valence-corrected chi connectivity index (χ0v) is 29.9. The van der Waals surface area contributed by atoms with Crippen LogP contribution in [-0.4, -0.2) is 68.6 Å². The molecule has 53 heavy (non-hydrogen) atoms. The Morgan fingerprint density at radius 3 is 2.04 bits per heavy atom. The van der Waals surface area contributed by atoms with Crippen molar-refractivity contribution in [1.29, 1.82) is 0 Å². The summed E-state index contributed by atoms with van der Waals surface area (Å²) in [6.45, 7) is 3.56. The number of likely N-dealkylation sites (tertiary alicyclic amines) is 1. The molecule has 4 unspecified atom stereocenters. The Labute approximate surface area is 307 Å². The molecule has 5 heterocycles. The molecule has 0 spiro atoms. The highest BCUT2D eigenvalue weighted by atomic mass is 19.1. The lowest BCUT2D eigenvalue weighted by molar-refractivity contribution is -0.135. The fourth-order valence-electron chi connectivity index (χ4n) is 8.00. The fraction of sp³-hybridized carbons (Fsp3) is 0.341. The molecule has 12 heteroatoms. The fourth-order valence-corrected chi connectivity index (χ4v) is 8.00. The van der Waals surface area contributed by atoms with Gasteiger partial charge in [0.05, 0.1) is 55.2 Å². The minimum Gasteiger partial charge on any atom is -0.453 e. The molecule has 3 N–H and O–H groups in total. The van der Waals surface area contributed by atoms with Gasteiger partial charge in [-0.1, -0.05) is 80.6 Å². The standard InChI is InChI=1S/C41H42FN7O4/c1-23(2)36(47-41(52)53-3)40(51)48-22-30(42)19-33(48)38-43-20-31(45-38)26-14-10-24(11-15-26)25-12-16-27(17-13-25)32-21-44-39(46-32)34-18-29-8-4-6-28-7-5-9-35(50)49(34)37(28)29/h4,6,8,10-17,20-21,23,30,33-34,36H,5,7,9,18-19,22H2,1-3H3,(H,43,45)(H,44,46)(H,47,52). The monoisotopic (exact) mass is 715 g/mol. The summed E-state index contributed by atoms with van der Waals surface area (Å²) in [4.78, 5) is 58.2. The first-order chi connectivity index (χ1) is 25.7. The van der Waals surface area contributed by atoms with Crippen molar-refractivity contribution in [3.8, 4) is 33.6 Å². The Hall–Kier alpha value is -5.78. The maximum atomic E-state index is 14.7. The van der Waals surface area contributed by atoms with Crippen molar-refractivity contribution < 1.29 is 23.5 Å². The van der Waals surface area contributed by atoms with Crippen LogP contribution in [0.15, 0.2) is 79.1 Å². The summed E-state index contributed by atoms with van der Waals surface area (Å²) in [5.74, 6) is 0.859. The summed E-state index contributed by atoms with van der Waals surface area (Å²) < 4.78 is 19.4. The van der Waals surface area contributed by atoms with Gasteiger partial charge in [-0.3, -0.25) is 9.59 Å². The maximum absolute atomic E-state index is 14.7. The Kier molecular flexibility index (Phi) is 9.05. The van der Waals surface area contributed by atoms with Crippen LogP contribution in [0.2, 0.25) is 0 Å². The Bertz CT molecular complexity index is 2160. The van der Waals surface area contributed by atoms with Crippen LogP contribution >= 0.6 is 0 Å². The van der Waals surface area contributed by atoms with Gasteiger partial charge in [-0.05, 0) is 52.1 Å². The quantitative estimate of drug-likeness (QED) is 0.157. The van der Waals surface area contributed by atoms with Gasteiger partial charge in [0.15, 0.2) is 0 Å². The Morgan fingerprint density at radius 1 is 0.849 bits per heavy atom. The second-order valence-corrected chi connectivity index (χ2v) is 14.5. The van der Waals surface area contributed by atoms with E-state index < -0.39 is 24.3 Å². The largest absolute Gasteiger partial charge is 0.453 e. The predicted octanol–water partition coefficient (Wildman–Crippen LogP) is 7.09. The van der Waals surface area contributed by atoms with Gasteiger partial charge in [-0.2, -0.15) is 0 Å². The molecular weight excluding hydrogens is 673 g/mol. The molecule has 2 aromatic heterocycles. The van der Waals surface area contributed by atoms with Gasteiger partial charge < -0.3 is 29.8 Å². The first-order valence-electron chi connectivity index (χ1n) is 18.2. The van der Waals surface area contributed by atoms with Crippen LogP contribution in [0.1, 0.15) is 68.0 Å². The second-order valence-electron chi connectivity index (χ2n) is 14.5. The summed E-state index contributed by atoms with van der Waals surface area (Å²) in [6, 6.07) is 21.1. The number of anilines is 1.